The highest BCUT2D eigenvalue weighted by Crippen LogP contribution is 2.30. The lowest BCUT2D eigenvalue weighted by atomic mass is 10.1. The van der Waals surface area contributed by atoms with E-state index in [-0.39, 0.29) is 14.9 Å². The van der Waals surface area contributed by atoms with Crippen molar-refractivity contribution in [2.75, 3.05) is 4.72 Å². The molecule has 0 aliphatic heterocycles. The Balaban J connectivity index is 2.06. The number of benzene rings is 1. The molecule has 0 saturated carbocycles. The second kappa shape index (κ2) is 5.63. The van der Waals surface area contributed by atoms with E-state index < -0.39 is 15.9 Å². The predicted molar refractivity (Wildman–Crippen MR) is 89.2 cm³/mol. The number of amides is 1. The zero-order chi connectivity index (χ0) is 17.5. The Labute approximate surface area is 141 Å². The van der Waals surface area contributed by atoms with Gasteiger partial charge >= 0.3 is 0 Å². The normalized spacial score (nSPS) is 11.3. The van der Waals surface area contributed by atoms with Crippen LogP contribution in [0, 0.1) is 18.3 Å². The first-order valence-electron chi connectivity index (χ1n) is 6.62. The van der Waals surface area contributed by atoms with Gasteiger partial charge in [0.25, 0.3) is 15.9 Å². The molecule has 8 nitrogen and oxygen atoms in total. The van der Waals surface area contributed by atoms with E-state index in [1.165, 1.54) is 6.20 Å². The lowest BCUT2D eigenvalue weighted by Crippen LogP contribution is -2.13. The molecule has 2 heterocycles. The van der Waals surface area contributed by atoms with Gasteiger partial charge in [-0.3, -0.25) is 9.52 Å². The number of hydrogen-bond acceptors (Lipinski definition) is 6. The fourth-order valence-electron chi connectivity index (χ4n) is 2.28. The molecular weight excluding hydrogens is 350 g/mol. The van der Waals surface area contributed by atoms with Crippen LogP contribution in [-0.2, 0) is 10.0 Å². The lowest BCUT2D eigenvalue weighted by molar-refractivity contribution is 0.100. The van der Waals surface area contributed by atoms with Crippen LogP contribution >= 0.6 is 11.3 Å². The van der Waals surface area contributed by atoms with E-state index >= 15 is 0 Å². The first-order chi connectivity index (χ1) is 11.3. The van der Waals surface area contributed by atoms with Crippen molar-refractivity contribution in [3.05, 3.63) is 40.5 Å². The van der Waals surface area contributed by atoms with E-state index in [4.69, 9.17) is 11.0 Å². The van der Waals surface area contributed by atoms with E-state index in [0.29, 0.717) is 27.8 Å². The van der Waals surface area contributed by atoms with Gasteiger partial charge in [0.2, 0.25) is 4.34 Å². The van der Waals surface area contributed by atoms with Crippen molar-refractivity contribution in [1.82, 2.24) is 9.97 Å². The minimum absolute atomic E-state index is 0.0519. The molecule has 0 aliphatic rings. The van der Waals surface area contributed by atoms with Gasteiger partial charge in [-0.2, -0.15) is 13.7 Å². The Morgan fingerprint density at radius 1 is 1.46 bits per heavy atom. The fourth-order valence-corrected chi connectivity index (χ4v) is 4.35. The Kier molecular flexibility index (Phi) is 3.75. The summed E-state index contributed by atoms with van der Waals surface area (Å²) in [4.78, 5) is 17.8. The molecule has 24 heavy (non-hydrogen) atoms. The standard InChI is InChI=1S/C14H11N5O3S2/c1-7-2-3-9(12-11(7)8(4-15)5-17-12)19-24(21,22)14-18-6-10(23-14)13(16)20/h2-3,5-6,17,19H,1H3,(H2,16,20). The number of primary amides is 1. The van der Waals surface area contributed by atoms with Crippen molar-refractivity contribution in [1.29, 1.82) is 5.26 Å². The number of sulfonamides is 1. The molecule has 2 aromatic heterocycles. The van der Waals surface area contributed by atoms with Gasteiger partial charge in [-0.1, -0.05) is 17.4 Å². The molecule has 4 N–H and O–H groups in total. The Morgan fingerprint density at radius 3 is 2.83 bits per heavy atom. The average molecular weight is 361 g/mol. The fraction of sp³-hybridized carbons (Fsp3) is 0.0714. The summed E-state index contributed by atoms with van der Waals surface area (Å²) in [5, 5.41) is 9.79. The van der Waals surface area contributed by atoms with Crippen molar-refractivity contribution >= 4 is 43.9 Å². The van der Waals surface area contributed by atoms with Gasteiger partial charge < -0.3 is 10.7 Å². The number of aromatic amines is 1. The van der Waals surface area contributed by atoms with Crippen molar-refractivity contribution in [3.8, 4) is 6.07 Å². The first-order valence-corrected chi connectivity index (χ1v) is 8.92. The number of carbonyl (C=O) groups excluding carboxylic acids is 1. The number of nitrogens with two attached hydrogens (primary N) is 1. The van der Waals surface area contributed by atoms with E-state index in [2.05, 4.69) is 20.8 Å². The number of carbonyl (C=O) groups is 1. The summed E-state index contributed by atoms with van der Waals surface area (Å²) in [5.41, 5.74) is 7.17. The number of aromatic nitrogens is 2. The number of thiazole rings is 1. The summed E-state index contributed by atoms with van der Waals surface area (Å²) in [7, 11) is -3.98. The Bertz CT molecular complexity index is 1110. The van der Waals surface area contributed by atoms with Crippen LogP contribution in [0.25, 0.3) is 10.9 Å². The highest BCUT2D eigenvalue weighted by atomic mass is 32.2. The number of anilines is 1. The number of fused-ring (bicyclic) bond motifs is 1. The maximum Gasteiger partial charge on any atom is 0.289 e. The second-order valence-electron chi connectivity index (χ2n) is 4.95. The third kappa shape index (κ3) is 2.60. The third-order valence-corrected chi connectivity index (χ3v) is 6.13. The number of nitriles is 1. The molecule has 3 rings (SSSR count). The summed E-state index contributed by atoms with van der Waals surface area (Å²) in [6, 6.07) is 5.36. The van der Waals surface area contributed by atoms with Crippen LogP contribution in [0.15, 0.2) is 28.9 Å². The van der Waals surface area contributed by atoms with Gasteiger partial charge in [0.15, 0.2) is 0 Å². The zero-order valence-electron chi connectivity index (χ0n) is 12.3. The molecule has 0 bridgehead atoms. The summed E-state index contributed by atoms with van der Waals surface area (Å²) in [5.74, 6) is -0.741. The minimum Gasteiger partial charge on any atom is -0.365 e. The van der Waals surface area contributed by atoms with Crippen molar-refractivity contribution in [2.24, 2.45) is 5.73 Å². The number of rotatable bonds is 4. The first kappa shape index (κ1) is 16.0. The van der Waals surface area contributed by atoms with Gasteiger partial charge in [-0.15, -0.1) is 0 Å². The molecule has 1 amide bonds. The number of hydrogen-bond donors (Lipinski definition) is 3. The average Bonchev–Trinajstić information content (AvgIpc) is 3.17. The quantitative estimate of drug-likeness (QED) is 0.648. The van der Waals surface area contributed by atoms with E-state index in [9.17, 15) is 13.2 Å². The minimum atomic E-state index is -3.98. The van der Waals surface area contributed by atoms with E-state index in [0.717, 1.165) is 11.8 Å². The molecule has 0 saturated heterocycles. The van der Waals surface area contributed by atoms with Crippen LogP contribution in [0.1, 0.15) is 20.8 Å². The highest BCUT2D eigenvalue weighted by Gasteiger charge is 2.22. The molecule has 1 aromatic carbocycles. The van der Waals surface area contributed by atoms with Crippen LogP contribution in [0.3, 0.4) is 0 Å². The molecule has 0 atom stereocenters. The molecule has 0 unspecified atom stereocenters. The Hall–Kier alpha value is -2.90. The van der Waals surface area contributed by atoms with Crippen molar-refractivity contribution in [2.45, 2.75) is 11.3 Å². The molecule has 3 aromatic rings. The summed E-state index contributed by atoms with van der Waals surface area (Å²) >= 11 is 0.687. The van der Waals surface area contributed by atoms with Gasteiger partial charge in [-0.05, 0) is 18.6 Å². The van der Waals surface area contributed by atoms with E-state index in [1.54, 1.807) is 12.1 Å². The van der Waals surface area contributed by atoms with Gasteiger partial charge in [0, 0.05) is 11.6 Å². The lowest BCUT2D eigenvalue weighted by Gasteiger charge is -2.08. The third-order valence-electron chi connectivity index (χ3n) is 3.37. The molecule has 0 fully saturated rings. The summed E-state index contributed by atoms with van der Waals surface area (Å²) in [6.45, 7) is 1.83. The number of nitrogens with zero attached hydrogens (tertiary/aromatic N) is 2. The topological polar surface area (TPSA) is 142 Å². The second-order valence-corrected chi connectivity index (χ2v) is 7.84. The van der Waals surface area contributed by atoms with Gasteiger partial charge in [0.05, 0.1) is 23.0 Å². The van der Waals surface area contributed by atoms with Gasteiger partial charge in [-0.25, -0.2) is 4.98 Å². The summed E-state index contributed by atoms with van der Waals surface area (Å²) < 4.78 is 27.1. The molecule has 10 heteroatoms. The van der Waals surface area contributed by atoms with Crippen LogP contribution in [0.4, 0.5) is 5.69 Å². The maximum atomic E-state index is 12.4. The molecule has 0 spiro atoms. The molecule has 0 radical (unpaired) electrons. The molecular formula is C14H11N5O3S2. The van der Waals surface area contributed by atoms with E-state index in [1.807, 2.05) is 6.92 Å². The number of nitrogens with one attached hydrogen (secondary N) is 2. The van der Waals surface area contributed by atoms with Gasteiger partial charge in [0.1, 0.15) is 10.9 Å². The zero-order valence-corrected chi connectivity index (χ0v) is 14.0. The monoisotopic (exact) mass is 361 g/mol. The molecule has 0 aliphatic carbocycles. The van der Waals surface area contributed by atoms with Crippen LogP contribution in [0.2, 0.25) is 0 Å². The number of H-pyrrole nitrogens is 1. The maximum absolute atomic E-state index is 12.4. The van der Waals surface area contributed by atoms with Crippen LogP contribution < -0.4 is 10.5 Å². The highest BCUT2D eigenvalue weighted by molar-refractivity contribution is 7.94. The number of aryl methyl sites for hydroxylation is 1. The smallest absolute Gasteiger partial charge is 0.289 e. The van der Waals surface area contributed by atoms with Crippen molar-refractivity contribution in [3.63, 3.8) is 0 Å². The molecule has 122 valence electrons. The largest absolute Gasteiger partial charge is 0.365 e. The van der Waals surface area contributed by atoms with Crippen molar-refractivity contribution < 1.29 is 13.2 Å². The van der Waals surface area contributed by atoms with Crippen LogP contribution in [-0.4, -0.2) is 24.3 Å². The van der Waals surface area contributed by atoms with Crippen LogP contribution in [0.5, 0.6) is 0 Å². The Morgan fingerprint density at radius 2 is 2.21 bits per heavy atom. The SMILES string of the molecule is Cc1ccc(NS(=O)(=O)c2ncc(C(N)=O)s2)c2[nH]cc(C#N)c12. The summed E-state index contributed by atoms with van der Waals surface area (Å²) in [6.07, 6.45) is 2.64. The predicted octanol–water partition coefficient (Wildman–Crippen LogP) is 1.70.